The zero-order valence-corrected chi connectivity index (χ0v) is 19.3. The van der Waals surface area contributed by atoms with E-state index in [1.807, 2.05) is 12.1 Å². The van der Waals surface area contributed by atoms with E-state index in [2.05, 4.69) is 15.2 Å². The van der Waals surface area contributed by atoms with Gasteiger partial charge in [0.2, 0.25) is 0 Å². The molecule has 1 aliphatic rings. The number of hydrogen-bond acceptors (Lipinski definition) is 7. The number of ketones is 1. The number of benzene rings is 2. The smallest absolute Gasteiger partial charge is 0.411 e. The summed E-state index contributed by atoms with van der Waals surface area (Å²) in [4.78, 5) is 32.0. The highest BCUT2D eigenvalue weighted by molar-refractivity contribution is 6.30. The fourth-order valence-corrected chi connectivity index (χ4v) is 4.13. The van der Waals surface area contributed by atoms with Crippen molar-refractivity contribution in [2.24, 2.45) is 5.92 Å². The van der Waals surface area contributed by atoms with Gasteiger partial charge in [0, 0.05) is 47.4 Å². The molecular weight excluding hydrogens is 454 g/mol. The molecule has 0 spiro atoms. The van der Waals surface area contributed by atoms with Crippen molar-refractivity contribution in [3.05, 3.63) is 77.1 Å². The Balaban J connectivity index is 1.37. The van der Waals surface area contributed by atoms with Crippen LogP contribution in [-0.2, 0) is 4.74 Å². The molecule has 0 radical (unpaired) electrons. The number of nitrogens with zero attached hydrogens (tertiary/aromatic N) is 2. The Kier molecular flexibility index (Phi) is 7.18. The van der Waals surface area contributed by atoms with Gasteiger partial charge in [0.25, 0.3) is 0 Å². The van der Waals surface area contributed by atoms with E-state index in [9.17, 15) is 9.59 Å². The molecule has 0 saturated carbocycles. The standard InChI is InChI=1S/C25H26ClN5O3/c26-18-3-1-17(2-4-18)24(32)21-13-19(27)14-22(28)23(21)30-25(33)34-15-16-7-11-31(12-8-16)20-5-9-29-10-6-20/h1-6,9-10,13-14,16H,7-8,11-12,15,27-28H2,(H,30,33). The number of pyridine rings is 1. The molecular formula is C25H26ClN5O3. The number of nitrogens with two attached hydrogens (primary N) is 2. The van der Waals surface area contributed by atoms with Gasteiger partial charge in [-0.2, -0.15) is 0 Å². The molecule has 3 aromatic rings. The van der Waals surface area contributed by atoms with Gasteiger partial charge < -0.3 is 21.1 Å². The van der Waals surface area contributed by atoms with Gasteiger partial charge in [-0.25, -0.2) is 4.79 Å². The summed E-state index contributed by atoms with van der Waals surface area (Å²) in [6, 6.07) is 13.4. The predicted octanol–water partition coefficient (Wildman–Crippen LogP) is 4.60. The monoisotopic (exact) mass is 479 g/mol. The van der Waals surface area contributed by atoms with E-state index in [4.69, 9.17) is 27.8 Å². The van der Waals surface area contributed by atoms with Gasteiger partial charge >= 0.3 is 6.09 Å². The molecule has 1 fully saturated rings. The Bertz CT molecular complexity index is 1160. The zero-order chi connectivity index (χ0) is 24.1. The Morgan fingerprint density at radius 1 is 1.06 bits per heavy atom. The Morgan fingerprint density at radius 3 is 2.41 bits per heavy atom. The van der Waals surface area contributed by atoms with Crippen LogP contribution in [0.25, 0.3) is 0 Å². The van der Waals surface area contributed by atoms with Crippen molar-refractivity contribution in [2.75, 3.05) is 41.4 Å². The molecule has 2 aromatic carbocycles. The number of piperidine rings is 1. The Morgan fingerprint density at radius 2 is 1.74 bits per heavy atom. The minimum Gasteiger partial charge on any atom is -0.449 e. The Hall–Kier alpha value is -3.78. The van der Waals surface area contributed by atoms with Crippen molar-refractivity contribution in [1.29, 1.82) is 0 Å². The van der Waals surface area contributed by atoms with Crippen molar-refractivity contribution in [1.82, 2.24) is 4.98 Å². The quantitative estimate of drug-likeness (QED) is 0.348. The molecule has 2 heterocycles. The van der Waals surface area contributed by atoms with E-state index < -0.39 is 6.09 Å². The summed E-state index contributed by atoms with van der Waals surface area (Å²) < 4.78 is 5.47. The van der Waals surface area contributed by atoms with Crippen LogP contribution in [-0.4, -0.2) is 36.6 Å². The van der Waals surface area contributed by atoms with Crippen LogP contribution in [0.1, 0.15) is 28.8 Å². The first-order valence-corrected chi connectivity index (χ1v) is 11.4. The van der Waals surface area contributed by atoms with Gasteiger partial charge in [-0.1, -0.05) is 11.6 Å². The second-order valence-electron chi connectivity index (χ2n) is 8.23. The van der Waals surface area contributed by atoms with Gasteiger partial charge in [-0.3, -0.25) is 15.1 Å². The first-order valence-electron chi connectivity index (χ1n) is 11.0. The number of rotatable bonds is 6. The Labute approximate surface area is 202 Å². The SMILES string of the molecule is Nc1cc(N)c(NC(=O)OCC2CCN(c3ccncc3)CC2)c(C(=O)c2ccc(Cl)cc2)c1. The lowest BCUT2D eigenvalue weighted by atomic mass is 9.97. The molecule has 176 valence electrons. The minimum absolute atomic E-state index is 0.173. The van der Waals surface area contributed by atoms with E-state index >= 15 is 0 Å². The van der Waals surface area contributed by atoms with Crippen molar-refractivity contribution in [3.63, 3.8) is 0 Å². The van der Waals surface area contributed by atoms with Gasteiger partial charge in [0.1, 0.15) is 0 Å². The average molecular weight is 480 g/mol. The number of halogens is 1. The summed E-state index contributed by atoms with van der Waals surface area (Å²) in [6.45, 7) is 2.04. The lowest BCUT2D eigenvalue weighted by Gasteiger charge is -2.33. The van der Waals surface area contributed by atoms with E-state index in [0.717, 1.165) is 31.6 Å². The number of aromatic nitrogens is 1. The fourth-order valence-electron chi connectivity index (χ4n) is 4.01. The third-order valence-corrected chi connectivity index (χ3v) is 6.11. The molecule has 4 rings (SSSR count). The molecule has 1 amide bonds. The number of amides is 1. The van der Waals surface area contributed by atoms with Crippen molar-refractivity contribution >= 4 is 46.2 Å². The maximum atomic E-state index is 13.1. The van der Waals surface area contributed by atoms with Crippen molar-refractivity contribution in [2.45, 2.75) is 12.8 Å². The predicted molar refractivity (Wildman–Crippen MR) is 134 cm³/mol. The number of carbonyl (C=O) groups excluding carboxylic acids is 2. The molecule has 34 heavy (non-hydrogen) atoms. The summed E-state index contributed by atoms with van der Waals surface area (Å²) in [6.07, 6.45) is 4.70. The maximum Gasteiger partial charge on any atom is 0.411 e. The third-order valence-electron chi connectivity index (χ3n) is 5.86. The molecule has 0 unspecified atom stereocenters. The van der Waals surface area contributed by atoms with Crippen LogP contribution < -0.4 is 21.7 Å². The first kappa shape index (κ1) is 23.4. The van der Waals surface area contributed by atoms with Crippen molar-refractivity contribution in [3.8, 4) is 0 Å². The number of hydrogen-bond donors (Lipinski definition) is 3. The molecule has 8 nitrogen and oxygen atoms in total. The van der Waals surface area contributed by atoms with Crippen LogP contribution >= 0.6 is 11.6 Å². The first-order chi connectivity index (χ1) is 16.4. The summed E-state index contributed by atoms with van der Waals surface area (Å²) in [5.41, 5.74) is 14.4. The van der Waals surface area contributed by atoms with Crippen LogP contribution in [0, 0.1) is 5.92 Å². The second-order valence-corrected chi connectivity index (χ2v) is 8.66. The summed E-state index contributed by atoms with van der Waals surface area (Å²) >= 11 is 5.92. The van der Waals surface area contributed by atoms with Gasteiger partial charge in [0.05, 0.1) is 23.5 Å². The molecule has 1 aromatic heterocycles. The fraction of sp³-hybridized carbons (Fsp3) is 0.240. The molecule has 1 saturated heterocycles. The number of nitrogen functional groups attached to an aromatic ring is 2. The highest BCUT2D eigenvalue weighted by Gasteiger charge is 2.23. The van der Waals surface area contributed by atoms with E-state index in [0.29, 0.717) is 16.3 Å². The molecule has 0 atom stereocenters. The highest BCUT2D eigenvalue weighted by Crippen LogP contribution is 2.30. The van der Waals surface area contributed by atoms with Crippen LogP contribution in [0.15, 0.2) is 60.9 Å². The average Bonchev–Trinajstić information content (AvgIpc) is 2.85. The minimum atomic E-state index is -0.668. The number of nitrogens with one attached hydrogen (secondary N) is 1. The van der Waals surface area contributed by atoms with E-state index in [1.54, 1.807) is 36.7 Å². The summed E-state index contributed by atoms with van der Waals surface area (Å²) in [7, 11) is 0. The summed E-state index contributed by atoms with van der Waals surface area (Å²) in [5.74, 6) is -0.0859. The van der Waals surface area contributed by atoms with Crippen LogP contribution in [0.5, 0.6) is 0 Å². The van der Waals surface area contributed by atoms with Gasteiger partial charge in [-0.15, -0.1) is 0 Å². The molecule has 9 heteroatoms. The summed E-state index contributed by atoms with van der Waals surface area (Å²) in [5, 5.41) is 3.15. The number of ether oxygens (including phenoxy) is 1. The lowest BCUT2D eigenvalue weighted by molar-refractivity contribution is 0.103. The molecule has 0 bridgehead atoms. The van der Waals surface area contributed by atoms with Gasteiger partial charge in [0.15, 0.2) is 5.78 Å². The largest absolute Gasteiger partial charge is 0.449 e. The molecule has 1 aliphatic heterocycles. The zero-order valence-electron chi connectivity index (χ0n) is 18.5. The normalized spacial score (nSPS) is 14.0. The molecule has 0 aliphatic carbocycles. The second kappa shape index (κ2) is 10.4. The van der Waals surface area contributed by atoms with Crippen LogP contribution in [0.2, 0.25) is 5.02 Å². The van der Waals surface area contributed by atoms with Crippen molar-refractivity contribution < 1.29 is 14.3 Å². The topological polar surface area (TPSA) is 124 Å². The third kappa shape index (κ3) is 5.58. The maximum absolute atomic E-state index is 13.1. The van der Waals surface area contributed by atoms with E-state index in [1.165, 1.54) is 12.1 Å². The molecule has 5 N–H and O–H groups in total. The number of anilines is 4. The van der Waals surface area contributed by atoms with Gasteiger partial charge in [-0.05, 0) is 67.3 Å². The lowest BCUT2D eigenvalue weighted by Crippen LogP contribution is -2.35. The number of carbonyl (C=O) groups is 2. The highest BCUT2D eigenvalue weighted by atomic mass is 35.5. The van der Waals surface area contributed by atoms with Crippen LogP contribution in [0.4, 0.5) is 27.5 Å². The van der Waals surface area contributed by atoms with E-state index in [-0.39, 0.29) is 35.2 Å². The van der Waals surface area contributed by atoms with Crippen LogP contribution in [0.3, 0.4) is 0 Å².